The van der Waals surface area contributed by atoms with Gasteiger partial charge >= 0.3 is 0 Å². The molecule has 3 N–H and O–H groups in total. The van der Waals surface area contributed by atoms with Crippen molar-refractivity contribution in [3.8, 4) is 0 Å². The molecule has 4 heteroatoms. The predicted octanol–water partition coefficient (Wildman–Crippen LogP) is 3.70. The molecule has 1 aliphatic rings. The first-order chi connectivity index (χ1) is 9.20. The molecule has 1 unspecified atom stereocenters. The molecule has 0 spiro atoms. The number of aryl methyl sites for hydroxylation is 1. The molecule has 2 nitrogen and oxygen atoms in total. The van der Waals surface area contributed by atoms with Crippen LogP contribution in [-0.2, 0) is 0 Å². The Bertz CT molecular complexity index is 405. The molecule has 0 radical (unpaired) electrons. The lowest BCUT2D eigenvalue weighted by molar-refractivity contribution is 0.514. The maximum absolute atomic E-state index is 13.1. The SMILES string of the molecule is Cc1cc(F)ccc1C(CSC1CCCCC1)NN. The zero-order valence-corrected chi connectivity index (χ0v) is 12.3. The van der Waals surface area contributed by atoms with E-state index in [1.807, 2.05) is 24.8 Å². The van der Waals surface area contributed by atoms with E-state index in [4.69, 9.17) is 5.84 Å². The second kappa shape index (κ2) is 7.27. The van der Waals surface area contributed by atoms with Crippen LogP contribution < -0.4 is 11.3 Å². The maximum Gasteiger partial charge on any atom is 0.123 e. The van der Waals surface area contributed by atoms with Gasteiger partial charge in [0.1, 0.15) is 5.82 Å². The molecule has 0 bridgehead atoms. The van der Waals surface area contributed by atoms with Crippen LogP contribution in [0.25, 0.3) is 0 Å². The van der Waals surface area contributed by atoms with Crippen LogP contribution in [0.15, 0.2) is 18.2 Å². The van der Waals surface area contributed by atoms with Gasteiger partial charge in [0.05, 0.1) is 6.04 Å². The van der Waals surface area contributed by atoms with E-state index in [9.17, 15) is 4.39 Å². The summed E-state index contributed by atoms with van der Waals surface area (Å²) in [5.41, 5.74) is 4.94. The minimum absolute atomic E-state index is 0.104. The van der Waals surface area contributed by atoms with Crippen LogP contribution >= 0.6 is 11.8 Å². The standard InChI is InChI=1S/C15H23FN2S/c1-11-9-12(16)7-8-14(11)15(18-17)10-19-13-5-3-2-4-6-13/h7-9,13,15,18H,2-6,10,17H2,1H3. The third-order valence-electron chi connectivity index (χ3n) is 3.86. The fourth-order valence-corrected chi connectivity index (χ4v) is 4.13. The van der Waals surface area contributed by atoms with E-state index in [1.165, 1.54) is 38.2 Å². The molecule has 1 fully saturated rings. The van der Waals surface area contributed by atoms with Crippen molar-refractivity contribution in [1.29, 1.82) is 0 Å². The van der Waals surface area contributed by atoms with Crippen LogP contribution in [0.5, 0.6) is 0 Å². The van der Waals surface area contributed by atoms with Crippen LogP contribution in [0.1, 0.15) is 49.3 Å². The topological polar surface area (TPSA) is 38.0 Å². The minimum Gasteiger partial charge on any atom is -0.271 e. The lowest BCUT2D eigenvalue weighted by Crippen LogP contribution is -2.31. The molecule has 0 amide bonds. The first kappa shape index (κ1) is 14.8. The highest BCUT2D eigenvalue weighted by Gasteiger charge is 2.18. The number of nitrogens with one attached hydrogen (secondary N) is 1. The lowest BCUT2D eigenvalue weighted by atomic mass is 10.0. The van der Waals surface area contributed by atoms with Crippen molar-refractivity contribution in [3.63, 3.8) is 0 Å². The summed E-state index contributed by atoms with van der Waals surface area (Å²) in [6.07, 6.45) is 6.74. The fraction of sp³-hybridized carbons (Fsp3) is 0.600. The number of hydrogen-bond donors (Lipinski definition) is 2. The quantitative estimate of drug-likeness (QED) is 0.639. The molecular weight excluding hydrogens is 259 g/mol. The molecular formula is C15H23FN2S. The molecule has 0 heterocycles. The molecule has 1 aromatic rings. The van der Waals surface area contributed by atoms with Crippen molar-refractivity contribution >= 4 is 11.8 Å². The predicted molar refractivity (Wildman–Crippen MR) is 80.5 cm³/mol. The highest BCUT2D eigenvalue weighted by atomic mass is 32.2. The minimum atomic E-state index is -0.183. The Morgan fingerprint density at radius 3 is 2.74 bits per heavy atom. The molecule has 0 aromatic heterocycles. The maximum atomic E-state index is 13.1. The van der Waals surface area contributed by atoms with Crippen molar-refractivity contribution in [3.05, 3.63) is 35.1 Å². The molecule has 0 saturated heterocycles. The van der Waals surface area contributed by atoms with Gasteiger partial charge in [0.2, 0.25) is 0 Å². The number of hydrazine groups is 1. The van der Waals surface area contributed by atoms with E-state index in [1.54, 1.807) is 6.07 Å². The summed E-state index contributed by atoms with van der Waals surface area (Å²) in [4.78, 5) is 0. The van der Waals surface area contributed by atoms with E-state index in [2.05, 4.69) is 5.43 Å². The van der Waals surface area contributed by atoms with Crippen LogP contribution in [-0.4, -0.2) is 11.0 Å². The molecule has 106 valence electrons. The third-order valence-corrected chi connectivity index (χ3v) is 5.33. The van der Waals surface area contributed by atoms with Crippen LogP contribution in [0.3, 0.4) is 0 Å². The van der Waals surface area contributed by atoms with Gasteiger partial charge in [0.25, 0.3) is 0 Å². The second-order valence-corrected chi connectivity index (χ2v) is 6.65. The Morgan fingerprint density at radius 2 is 2.11 bits per heavy atom. The van der Waals surface area contributed by atoms with Gasteiger partial charge < -0.3 is 0 Å². The Balaban J connectivity index is 1.95. The van der Waals surface area contributed by atoms with Crippen molar-refractivity contribution in [2.24, 2.45) is 5.84 Å². The highest BCUT2D eigenvalue weighted by molar-refractivity contribution is 7.99. The average Bonchev–Trinajstić information content (AvgIpc) is 2.42. The first-order valence-electron chi connectivity index (χ1n) is 7.04. The van der Waals surface area contributed by atoms with E-state index in [-0.39, 0.29) is 11.9 Å². The summed E-state index contributed by atoms with van der Waals surface area (Å²) >= 11 is 2.00. The van der Waals surface area contributed by atoms with E-state index >= 15 is 0 Å². The monoisotopic (exact) mass is 282 g/mol. The van der Waals surface area contributed by atoms with E-state index < -0.39 is 0 Å². The highest BCUT2D eigenvalue weighted by Crippen LogP contribution is 2.31. The summed E-state index contributed by atoms with van der Waals surface area (Å²) in [5.74, 6) is 6.44. The number of hydrogen-bond acceptors (Lipinski definition) is 3. The number of benzene rings is 1. The van der Waals surface area contributed by atoms with Gasteiger partial charge in [0.15, 0.2) is 0 Å². The molecule has 1 aliphatic carbocycles. The van der Waals surface area contributed by atoms with Crippen LogP contribution in [0.2, 0.25) is 0 Å². The number of rotatable bonds is 5. The van der Waals surface area contributed by atoms with Crippen LogP contribution in [0.4, 0.5) is 4.39 Å². The van der Waals surface area contributed by atoms with Gasteiger partial charge in [-0.15, -0.1) is 0 Å². The van der Waals surface area contributed by atoms with Crippen molar-refractivity contribution in [2.75, 3.05) is 5.75 Å². The van der Waals surface area contributed by atoms with Gasteiger partial charge in [-0.3, -0.25) is 11.3 Å². The molecule has 1 aromatic carbocycles. The summed E-state index contributed by atoms with van der Waals surface area (Å²) in [5, 5.41) is 0.769. The van der Waals surface area contributed by atoms with Gasteiger partial charge in [-0.05, 0) is 43.0 Å². The molecule has 19 heavy (non-hydrogen) atoms. The summed E-state index contributed by atoms with van der Waals surface area (Å²) in [6, 6.07) is 5.03. The Morgan fingerprint density at radius 1 is 1.37 bits per heavy atom. The summed E-state index contributed by atoms with van der Waals surface area (Å²) in [7, 11) is 0. The summed E-state index contributed by atoms with van der Waals surface area (Å²) in [6.45, 7) is 1.94. The lowest BCUT2D eigenvalue weighted by Gasteiger charge is -2.24. The van der Waals surface area contributed by atoms with Gasteiger partial charge in [-0.1, -0.05) is 25.3 Å². The largest absolute Gasteiger partial charge is 0.271 e. The fourth-order valence-electron chi connectivity index (χ4n) is 2.72. The zero-order chi connectivity index (χ0) is 13.7. The third kappa shape index (κ3) is 4.20. The zero-order valence-electron chi connectivity index (χ0n) is 11.5. The van der Waals surface area contributed by atoms with Crippen LogP contribution in [0, 0.1) is 12.7 Å². The smallest absolute Gasteiger partial charge is 0.123 e. The van der Waals surface area contributed by atoms with Gasteiger partial charge in [-0.2, -0.15) is 11.8 Å². The van der Waals surface area contributed by atoms with Crippen molar-refractivity contribution in [1.82, 2.24) is 5.43 Å². The molecule has 0 aliphatic heterocycles. The van der Waals surface area contributed by atoms with Crippen molar-refractivity contribution < 1.29 is 4.39 Å². The average molecular weight is 282 g/mol. The Labute approximate surface area is 119 Å². The van der Waals surface area contributed by atoms with Gasteiger partial charge in [-0.25, -0.2) is 4.39 Å². The first-order valence-corrected chi connectivity index (χ1v) is 8.09. The Kier molecular flexibility index (Phi) is 5.67. The Hall–Kier alpha value is -0.580. The molecule has 1 saturated carbocycles. The van der Waals surface area contributed by atoms with Gasteiger partial charge in [0, 0.05) is 11.0 Å². The van der Waals surface area contributed by atoms with E-state index in [0.717, 1.165) is 22.1 Å². The molecule has 2 rings (SSSR count). The molecule has 1 atom stereocenters. The normalized spacial score (nSPS) is 18.5. The number of halogens is 1. The van der Waals surface area contributed by atoms with E-state index in [0.29, 0.717) is 0 Å². The number of nitrogens with two attached hydrogens (primary N) is 1. The van der Waals surface area contributed by atoms with Crippen molar-refractivity contribution in [2.45, 2.75) is 50.3 Å². The second-order valence-electron chi connectivity index (χ2n) is 5.31. The number of thioether (sulfide) groups is 1. The summed E-state index contributed by atoms with van der Waals surface area (Å²) < 4.78 is 13.1.